The Kier molecular flexibility index (Phi) is 4.06. The number of pyridine rings is 1. The fraction of sp³-hybridized carbons (Fsp3) is 0.214. The lowest BCUT2D eigenvalue weighted by Crippen LogP contribution is -2.30. The van der Waals surface area contributed by atoms with E-state index in [-0.39, 0.29) is 5.56 Å². The van der Waals surface area contributed by atoms with Crippen LogP contribution in [0, 0.1) is 6.92 Å². The van der Waals surface area contributed by atoms with Gasteiger partial charge in [-0.3, -0.25) is 10.8 Å². The van der Waals surface area contributed by atoms with Gasteiger partial charge >= 0.3 is 6.18 Å². The number of nitrogens with one attached hydrogen (secondary N) is 1. The molecule has 2 rings (SSSR count). The summed E-state index contributed by atoms with van der Waals surface area (Å²) < 4.78 is 39.1. The standard InChI is InChI=1S/C14H14F3N3/c1-9-2-4-10(5-3-9)13(20-18)11-8-19-7-6-12(11)14(15,16)17/h2-8,13,20H,18H2,1H3. The number of hydrazine groups is 1. The van der Waals surface area contributed by atoms with E-state index in [1.807, 2.05) is 19.1 Å². The first kappa shape index (κ1) is 14.5. The Bertz CT molecular complexity index is 579. The van der Waals surface area contributed by atoms with Crippen LogP contribution in [0.1, 0.15) is 28.3 Å². The van der Waals surface area contributed by atoms with Crippen molar-refractivity contribution in [2.24, 2.45) is 5.84 Å². The van der Waals surface area contributed by atoms with Crippen molar-refractivity contribution in [3.05, 3.63) is 65.0 Å². The molecule has 0 saturated carbocycles. The first-order chi connectivity index (χ1) is 9.43. The summed E-state index contributed by atoms with van der Waals surface area (Å²) >= 11 is 0. The smallest absolute Gasteiger partial charge is 0.271 e. The van der Waals surface area contributed by atoms with Crippen molar-refractivity contribution >= 4 is 0 Å². The van der Waals surface area contributed by atoms with Crippen molar-refractivity contribution < 1.29 is 13.2 Å². The van der Waals surface area contributed by atoms with Gasteiger partial charge in [-0.15, -0.1) is 0 Å². The number of aryl methyl sites for hydroxylation is 1. The Labute approximate surface area is 114 Å². The first-order valence-electron chi connectivity index (χ1n) is 5.97. The number of hydrogen-bond acceptors (Lipinski definition) is 3. The number of hydrogen-bond donors (Lipinski definition) is 2. The van der Waals surface area contributed by atoms with Crippen LogP contribution in [0.25, 0.3) is 0 Å². The highest BCUT2D eigenvalue weighted by atomic mass is 19.4. The maximum Gasteiger partial charge on any atom is 0.416 e. The second kappa shape index (κ2) is 5.60. The van der Waals surface area contributed by atoms with Gasteiger partial charge in [-0.2, -0.15) is 13.2 Å². The first-order valence-corrected chi connectivity index (χ1v) is 5.97. The average molecular weight is 281 g/mol. The van der Waals surface area contributed by atoms with Crippen LogP contribution in [-0.4, -0.2) is 4.98 Å². The Morgan fingerprint density at radius 1 is 1.15 bits per heavy atom. The van der Waals surface area contributed by atoms with Crippen molar-refractivity contribution in [1.29, 1.82) is 0 Å². The third kappa shape index (κ3) is 2.97. The monoisotopic (exact) mass is 281 g/mol. The van der Waals surface area contributed by atoms with Gasteiger partial charge in [-0.25, -0.2) is 5.43 Å². The van der Waals surface area contributed by atoms with Gasteiger partial charge in [-0.1, -0.05) is 29.8 Å². The molecule has 1 heterocycles. The van der Waals surface area contributed by atoms with Crippen LogP contribution in [0.4, 0.5) is 13.2 Å². The van der Waals surface area contributed by atoms with E-state index in [0.29, 0.717) is 5.56 Å². The molecule has 0 spiro atoms. The summed E-state index contributed by atoms with van der Waals surface area (Å²) in [5.74, 6) is 5.44. The van der Waals surface area contributed by atoms with Gasteiger partial charge < -0.3 is 0 Å². The van der Waals surface area contributed by atoms with Gasteiger partial charge in [0, 0.05) is 18.0 Å². The van der Waals surface area contributed by atoms with Crippen molar-refractivity contribution in [2.45, 2.75) is 19.1 Å². The summed E-state index contributed by atoms with van der Waals surface area (Å²) in [7, 11) is 0. The lowest BCUT2D eigenvalue weighted by Gasteiger charge is -2.21. The molecule has 3 nitrogen and oxygen atoms in total. The number of alkyl halides is 3. The summed E-state index contributed by atoms with van der Waals surface area (Å²) in [6, 6.07) is 7.32. The summed E-state index contributed by atoms with van der Waals surface area (Å²) in [6.07, 6.45) is -2.14. The highest BCUT2D eigenvalue weighted by Gasteiger charge is 2.35. The van der Waals surface area contributed by atoms with E-state index in [1.54, 1.807) is 12.1 Å². The fourth-order valence-corrected chi connectivity index (χ4v) is 2.02. The Balaban J connectivity index is 2.50. The average Bonchev–Trinajstić information content (AvgIpc) is 2.41. The highest BCUT2D eigenvalue weighted by molar-refractivity contribution is 5.37. The van der Waals surface area contributed by atoms with Crippen LogP contribution < -0.4 is 11.3 Å². The normalized spacial score (nSPS) is 13.2. The number of halogens is 3. The molecule has 6 heteroatoms. The summed E-state index contributed by atoms with van der Waals surface area (Å²) in [4.78, 5) is 3.78. The number of rotatable bonds is 3. The molecular weight excluding hydrogens is 267 g/mol. The van der Waals surface area contributed by atoms with Gasteiger partial charge in [0.2, 0.25) is 0 Å². The van der Waals surface area contributed by atoms with Crippen molar-refractivity contribution in [3.8, 4) is 0 Å². The molecule has 106 valence electrons. The molecule has 3 N–H and O–H groups in total. The Hall–Kier alpha value is -1.92. The molecule has 2 aromatic rings. The second-order valence-corrected chi connectivity index (χ2v) is 4.47. The SMILES string of the molecule is Cc1ccc(C(NN)c2cnccc2C(F)(F)F)cc1. The van der Waals surface area contributed by atoms with Crippen LogP contribution in [0.3, 0.4) is 0 Å². The van der Waals surface area contributed by atoms with Gasteiger partial charge in [0.05, 0.1) is 11.6 Å². The quantitative estimate of drug-likeness (QED) is 0.671. The predicted octanol–water partition coefficient (Wildman–Crippen LogP) is 2.96. The van der Waals surface area contributed by atoms with Crippen molar-refractivity contribution in [2.75, 3.05) is 0 Å². The maximum absolute atomic E-state index is 13.0. The van der Waals surface area contributed by atoms with Crippen LogP contribution in [-0.2, 0) is 6.18 Å². The summed E-state index contributed by atoms with van der Waals surface area (Å²) in [6.45, 7) is 1.90. The Morgan fingerprint density at radius 2 is 1.80 bits per heavy atom. The molecule has 0 radical (unpaired) electrons. The van der Waals surface area contributed by atoms with Crippen LogP contribution in [0.15, 0.2) is 42.7 Å². The molecule has 1 unspecified atom stereocenters. The summed E-state index contributed by atoms with van der Waals surface area (Å²) in [5, 5.41) is 0. The largest absolute Gasteiger partial charge is 0.416 e. The van der Waals surface area contributed by atoms with E-state index in [1.165, 1.54) is 6.20 Å². The molecule has 0 bridgehead atoms. The van der Waals surface area contributed by atoms with Crippen LogP contribution in [0.5, 0.6) is 0 Å². The van der Waals surface area contributed by atoms with E-state index in [0.717, 1.165) is 17.8 Å². The molecule has 0 aliphatic carbocycles. The zero-order chi connectivity index (χ0) is 14.8. The topological polar surface area (TPSA) is 50.9 Å². The Morgan fingerprint density at radius 3 is 2.35 bits per heavy atom. The molecule has 0 amide bonds. The molecule has 1 aromatic heterocycles. The molecule has 1 atom stereocenters. The van der Waals surface area contributed by atoms with Gasteiger partial charge in [0.25, 0.3) is 0 Å². The molecule has 20 heavy (non-hydrogen) atoms. The fourth-order valence-electron chi connectivity index (χ4n) is 2.02. The van der Waals surface area contributed by atoms with E-state index in [2.05, 4.69) is 10.4 Å². The summed E-state index contributed by atoms with van der Waals surface area (Å²) in [5.41, 5.74) is 3.36. The number of aromatic nitrogens is 1. The minimum atomic E-state index is -4.45. The number of benzene rings is 1. The minimum Gasteiger partial charge on any atom is -0.271 e. The highest BCUT2D eigenvalue weighted by Crippen LogP contribution is 2.35. The van der Waals surface area contributed by atoms with E-state index in [4.69, 9.17) is 5.84 Å². The molecule has 0 aliphatic rings. The lowest BCUT2D eigenvalue weighted by atomic mass is 9.96. The molecule has 0 saturated heterocycles. The van der Waals surface area contributed by atoms with E-state index < -0.39 is 17.8 Å². The lowest BCUT2D eigenvalue weighted by molar-refractivity contribution is -0.138. The van der Waals surface area contributed by atoms with Gasteiger partial charge in [-0.05, 0) is 18.6 Å². The predicted molar refractivity (Wildman–Crippen MR) is 69.6 cm³/mol. The van der Waals surface area contributed by atoms with Crippen LogP contribution >= 0.6 is 0 Å². The van der Waals surface area contributed by atoms with Crippen molar-refractivity contribution in [3.63, 3.8) is 0 Å². The number of nitrogens with zero attached hydrogens (tertiary/aromatic N) is 1. The molecular formula is C14H14F3N3. The minimum absolute atomic E-state index is 0.00588. The van der Waals surface area contributed by atoms with Gasteiger partial charge in [0.1, 0.15) is 0 Å². The van der Waals surface area contributed by atoms with Crippen LogP contribution in [0.2, 0.25) is 0 Å². The van der Waals surface area contributed by atoms with Crippen molar-refractivity contribution in [1.82, 2.24) is 10.4 Å². The maximum atomic E-state index is 13.0. The molecule has 1 aromatic carbocycles. The second-order valence-electron chi connectivity index (χ2n) is 4.47. The molecule has 0 fully saturated rings. The third-order valence-corrected chi connectivity index (χ3v) is 3.05. The van der Waals surface area contributed by atoms with Gasteiger partial charge in [0.15, 0.2) is 0 Å². The van der Waals surface area contributed by atoms with E-state index >= 15 is 0 Å². The van der Waals surface area contributed by atoms with E-state index in [9.17, 15) is 13.2 Å². The zero-order valence-electron chi connectivity index (χ0n) is 10.8. The molecule has 0 aliphatic heterocycles. The number of nitrogens with two attached hydrogens (primary N) is 1. The third-order valence-electron chi connectivity index (χ3n) is 3.05. The zero-order valence-corrected chi connectivity index (χ0v) is 10.8.